The van der Waals surface area contributed by atoms with E-state index in [0.717, 1.165) is 13.1 Å². The quantitative estimate of drug-likeness (QED) is 0.858. The lowest BCUT2D eigenvalue weighted by atomic mass is 10.1. The van der Waals surface area contributed by atoms with E-state index >= 15 is 0 Å². The fourth-order valence-electron chi connectivity index (χ4n) is 2.19. The Morgan fingerprint density at radius 2 is 2.17 bits per heavy atom. The number of halogens is 2. The number of rotatable bonds is 1. The molecule has 1 fully saturated rings. The number of carbonyl (C=O) groups excluding carboxylic acids is 1. The van der Waals surface area contributed by atoms with Crippen molar-refractivity contribution in [3.05, 3.63) is 23.0 Å². The van der Waals surface area contributed by atoms with Crippen molar-refractivity contribution in [3.8, 4) is 0 Å². The lowest BCUT2D eigenvalue weighted by Crippen LogP contribution is -2.56. The Morgan fingerprint density at radius 1 is 1.50 bits per heavy atom. The van der Waals surface area contributed by atoms with Crippen molar-refractivity contribution in [1.82, 2.24) is 14.8 Å². The molecular weight excluding hydrogens is 273 g/mol. The zero-order valence-corrected chi connectivity index (χ0v) is 12.4. The Hall–Kier alpha value is -0.710. The molecule has 0 bridgehead atoms. The molecule has 1 N–H and O–H groups in total. The summed E-state index contributed by atoms with van der Waals surface area (Å²) in [6.07, 6.45) is 1.76. The van der Waals surface area contributed by atoms with E-state index in [0.29, 0.717) is 16.8 Å². The zero-order chi connectivity index (χ0) is 12.6. The van der Waals surface area contributed by atoms with Gasteiger partial charge in [0.15, 0.2) is 0 Å². The van der Waals surface area contributed by atoms with E-state index in [1.165, 1.54) is 0 Å². The van der Waals surface area contributed by atoms with Crippen molar-refractivity contribution in [2.24, 2.45) is 7.05 Å². The summed E-state index contributed by atoms with van der Waals surface area (Å²) in [6.45, 7) is 5.72. The summed E-state index contributed by atoms with van der Waals surface area (Å²) < 4.78 is 1.78. The molecule has 0 radical (unpaired) electrons. The monoisotopic (exact) mass is 291 g/mol. The lowest BCUT2D eigenvalue weighted by Gasteiger charge is -2.37. The van der Waals surface area contributed by atoms with Crippen molar-refractivity contribution in [3.63, 3.8) is 0 Å². The van der Waals surface area contributed by atoms with Crippen LogP contribution in [-0.2, 0) is 7.05 Å². The summed E-state index contributed by atoms with van der Waals surface area (Å²) in [4.78, 5) is 14.3. The van der Waals surface area contributed by atoms with Gasteiger partial charge in [-0.15, -0.1) is 12.4 Å². The Bertz CT molecular complexity index is 433. The number of nitrogens with one attached hydrogen (secondary N) is 1. The molecule has 2 unspecified atom stereocenters. The van der Waals surface area contributed by atoms with Crippen molar-refractivity contribution in [2.45, 2.75) is 25.9 Å². The van der Waals surface area contributed by atoms with Gasteiger partial charge < -0.3 is 14.8 Å². The first-order valence-electron chi connectivity index (χ1n) is 5.85. The van der Waals surface area contributed by atoms with E-state index < -0.39 is 0 Å². The second-order valence-corrected chi connectivity index (χ2v) is 5.21. The van der Waals surface area contributed by atoms with Gasteiger partial charge in [-0.1, -0.05) is 11.6 Å². The predicted octanol–water partition coefficient (Wildman–Crippen LogP) is 1.92. The molecule has 0 aliphatic carbocycles. The highest BCUT2D eigenvalue weighted by Gasteiger charge is 2.28. The number of aryl methyl sites for hydroxylation is 1. The molecule has 1 aliphatic rings. The van der Waals surface area contributed by atoms with Crippen LogP contribution in [0.4, 0.5) is 0 Å². The van der Waals surface area contributed by atoms with Gasteiger partial charge in [-0.2, -0.15) is 0 Å². The van der Waals surface area contributed by atoms with Crippen LogP contribution in [0.15, 0.2) is 12.3 Å². The number of amides is 1. The average Bonchev–Trinajstić information content (AvgIpc) is 2.60. The van der Waals surface area contributed by atoms with Gasteiger partial charge in [-0.05, 0) is 19.9 Å². The molecule has 4 nitrogen and oxygen atoms in total. The maximum atomic E-state index is 12.4. The molecule has 2 heterocycles. The SMILES string of the molecule is CC1CN(C(=O)c2cc(Cl)cn2C)C(C)CN1.Cl. The number of aromatic nitrogens is 1. The van der Waals surface area contributed by atoms with Gasteiger partial charge in [-0.3, -0.25) is 4.79 Å². The maximum absolute atomic E-state index is 12.4. The van der Waals surface area contributed by atoms with E-state index in [4.69, 9.17) is 11.6 Å². The molecule has 2 rings (SSSR count). The first-order valence-corrected chi connectivity index (χ1v) is 6.23. The largest absolute Gasteiger partial charge is 0.345 e. The third kappa shape index (κ3) is 2.99. The van der Waals surface area contributed by atoms with Crippen LogP contribution < -0.4 is 5.32 Å². The molecule has 1 saturated heterocycles. The summed E-state index contributed by atoms with van der Waals surface area (Å²) in [5.74, 6) is 0.0558. The van der Waals surface area contributed by atoms with E-state index in [1.54, 1.807) is 16.8 Å². The van der Waals surface area contributed by atoms with Gasteiger partial charge >= 0.3 is 0 Å². The van der Waals surface area contributed by atoms with E-state index in [-0.39, 0.29) is 24.4 Å². The Labute approximate surface area is 119 Å². The van der Waals surface area contributed by atoms with Crippen molar-refractivity contribution >= 4 is 29.9 Å². The van der Waals surface area contributed by atoms with Crippen LogP contribution in [0.2, 0.25) is 5.02 Å². The molecule has 1 aromatic rings. The Morgan fingerprint density at radius 3 is 2.72 bits per heavy atom. The molecule has 6 heteroatoms. The third-order valence-corrected chi connectivity index (χ3v) is 3.42. The minimum absolute atomic E-state index is 0. The van der Waals surface area contributed by atoms with E-state index in [1.807, 2.05) is 11.9 Å². The average molecular weight is 292 g/mol. The van der Waals surface area contributed by atoms with Gasteiger partial charge in [0.1, 0.15) is 5.69 Å². The molecule has 18 heavy (non-hydrogen) atoms. The summed E-state index contributed by atoms with van der Waals surface area (Å²) in [7, 11) is 1.84. The highest BCUT2D eigenvalue weighted by atomic mass is 35.5. The molecule has 2 atom stereocenters. The maximum Gasteiger partial charge on any atom is 0.270 e. The van der Waals surface area contributed by atoms with Crippen LogP contribution in [0.5, 0.6) is 0 Å². The van der Waals surface area contributed by atoms with Gasteiger partial charge in [0.2, 0.25) is 0 Å². The second kappa shape index (κ2) is 5.95. The second-order valence-electron chi connectivity index (χ2n) is 4.77. The van der Waals surface area contributed by atoms with Crippen molar-refractivity contribution in [2.75, 3.05) is 13.1 Å². The molecule has 0 aromatic carbocycles. The fraction of sp³-hybridized carbons (Fsp3) is 0.583. The lowest BCUT2D eigenvalue weighted by molar-refractivity contribution is 0.0606. The van der Waals surface area contributed by atoms with Gasteiger partial charge in [-0.25, -0.2) is 0 Å². The number of hydrogen-bond donors (Lipinski definition) is 1. The number of hydrogen-bond acceptors (Lipinski definition) is 2. The zero-order valence-electron chi connectivity index (χ0n) is 10.8. The Kier molecular flexibility index (Phi) is 5.08. The predicted molar refractivity (Wildman–Crippen MR) is 75.6 cm³/mol. The first-order chi connectivity index (χ1) is 7.99. The van der Waals surface area contributed by atoms with Gasteiger partial charge in [0.05, 0.1) is 5.02 Å². The van der Waals surface area contributed by atoms with Crippen LogP contribution in [0, 0.1) is 0 Å². The highest BCUT2D eigenvalue weighted by molar-refractivity contribution is 6.31. The van der Waals surface area contributed by atoms with Crippen LogP contribution in [-0.4, -0.2) is 40.5 Å². The van der Waals surface area contributed by atoms with Gasteiger partial charge in [0, 0.05) is 38.4 Å². The van der Waals surface area contributed by atoms with Crippen molar-refractivity contribution < 1.29 is 4.79 Å². The molecule has 0 spiro atoms. The minimum atomic E-state index is 0. The van der Waals surface area contributed by atoms with Crippen LogP contribution >= 0.6 is 24.0 Å². The van der Waals surface area contributed by atoms with Gasteiger partial charge in [0.25, 0.3) is 5.91 Å². The fourth-order valence-corrected chi connectivity index (χ4v) is 2.44. The van der Waals surface area contributed by atoms with Crippen molar-refractivity contribution in [1.29, 1.82) is 0 Å². The third-order valence-electron chi connectivity index (χ3n) is 3.22. The molecular formula is C12H19Cl2N3O. The molecule has 1 amide bonds. The normalized spacial score (nSPS) is 23.7. The topological polar surface area (TPSA) is 37.3 Å². The number of carbonyl (C=O) groups is 1. The van der Waals surface area contributed by atoms with E-state index in [2.05, 4.69) is 19.2 Å². The summed E-state index contributed by atoms with van der Waals surface area (Å²) in [5.41, 5.74) is 0.649. The first kappa shape index (κ1) is 15.3. The Balaban J connectivity index is 0.00000162. The smallest absolute Gasteiger partial charge is 0.270 e. The molecule has 102 valence electrons. The summed E-state index contributed by atoms with van der Waals surface area (Å²) in [5, 5.41) is 3.96. The summed E-state index contributed by atoms with van der Waals surface area (Å²) in [6, 6.07) is 2.28. The van der Waals surface area contributed by atoms with Crippen LogP contribution in [0.25, 0.3) is 0 Å². The van der Waals surface area contributed by atoms with Crippen LogP contribution in [0.1, 0.15) is 24.3 Å². The van der Waals surface area contributed by atoms with E-state index in [9.17, 15) is 4.79 Å². The summed E-state index contributed by atoms with van der Waals surface area (Å²) >= 11 is 5.91. The number of piperazine rings is 1. The molecule has 1 aromatic heterocycles. The molecule has 0 saturated carbocycles. The highest BCUT2D eigenvalue weighted by Crippen LogP contribution is 2.17. The van der Waals surface area contributed by atoms with Crippen LogP contribution in [0.3, 0.4) is 0 Å². The molecule has 1 aliphatic heterocycles. The standard InChI is InChI=1S/C12H18ClN3O.ClH/c1-8-6-16(9(2)5-14-8)12(17)11-4-10(13)7-15(11)3;/h4,7-9,14H,5-6H2,1-3H3;1H. The number of nitrogens with zero attached hydrogens (tertiary/aromatic N) is 2. The minimum Gasteiger partial charge on any atom is -0.345 e.